The van der Waals surface area contributed by atoms with Crippen LogP contribution in [0.4, 0.5) is 0 Å². The second kappa shape index (κ2) is 7.00. The number of nitrogens with two attached hydrogens (primary N) is 1. The lowest BCUT2D eigenvalue weighted by molar-refractivity contribution is 0.217. The molecule has 0 saturated heterocycles. The molecule has 2 rings (SSSR count). The smallest absolute Gasteiger partial charge is 0.0843 e. The van der Waals surface area contributed by atoms with Crippen molar-refractivity contribution in [2.45, 2.75) is 46.3 Å². The van der Waals surface area contributed by atoms with Gasteiger partial charge in [-0.3, -0.25) is 9.58 Å². The fraction of sp³-hybridized carbons (Fsp3) is 0.500. The summed E-state index contributed by atoms with van der Waals surface area (Å²) in [6.07, 6.45) is 0.750. The first-order chi connectivity index (χ1) is 10.0. The molecule has 0 fully saturated rings. The summed E-state index contributed by atoms with van der Waals surface area (Å²) in [6, 6.07) is 8.85. The minimum Gasteiger partial charge on any atom is -0.393 e. The molecular weight excluding hydrogens is 280 g/mol. The van der Waals surface area contributed by atoms with Gasteiger partial charge in [0.05, 0.1) is 16.2 Å². The van der Waals surface area contributed by atoms with Gasteiger partial charge in [-0.25, -0.2) is 0 Å². The molecule has 2 N–H and O–H groups in total. The number of hydrogen-bond acceptors (Lipinski definition) is 3. The van der Waals surface area contributed by atoms with Crippen molar-refractivity contribution in [1.82, 2.24) is 14.7 Å². The Kier molecular flexibility index (Phi) is 5.31. The number of aromatic nitrogens is 2. The van der Waals surface area contributed by atoms with Crippen LogP contribution < -0.4 is 5.73 Å². The van der Waals surface area contributed by atoms with Crippen LogP contribution in [-0.2, 0) is 13.1 Å². The van der Waals surface area contributed by atoms with Gasteiger partial charge in [-0.1, -0.05) is 30.4 Å². The molecule has 0 bridgehead atoms. The first-order valence-electron chi connectivity index (χ1n) is 7.49. The van der Waals surface area contributed by atoms with Crippen molar-refractivity contribution in [3.63, 3.8) is 0 Å². The normalized spacial score (nSPS) is 11.7. The third-order valence-corrected chi connectivity index (χ3v) is 3.97. The van der Waals surface area contributed by atoms with Gasteiger partial charge in [-0.2, -0.15) is 5.10 Å². The summed E-state index contributed by atoms with van der Waals surface area (Å²) in [7, 11) is 0. The second-order valence-electron chi connectivity index (χ2n) is 5.56. The van der Waals surface area contributed by atoms with E-state index in [0.29, 0.717) is 11.0 Å². The highest BCUT2D eigenvalue weighted by Crippen LogP contribution is 2.20. The fourth-order valence-corrected chi connectivity index (χ4v) is 2.61. The maximum atomic E-state index is 5.64. The number of aryl methyl sites for hydroxylation is 1. The van der Waals surface area contributed by atoms with Crippen molar-refractivity contribution >= 4 is 28.1 Å². The Bertz CT molecular complexity index is 618. The molecule has 1 heterocycles. The molecule has 4 nitrogen and oxygen atoms in total. The van der Waals surface area contributed by atoms with E-state index in [1.807, 2.05) is 0 Å². The molecule has 0 amide bonds. The summed E-state index contributed by atoms with van der Waals surface area (Å²) in [5.74, 6) is 0. The third-order valence-electron chi connectivity index (χ3n) is 3.76. The van der Waals surface area contributed by atoms with Gasteiger partial charge in [-0.15, -0.1) is 0 Å². The predicted octanol–water partition coefficient (Wildman–Crippen LogP) is 2.94. The Morgan fingerprint density at radius 1 is 1.38 bits per heavy atom. The van der Waals surface area contributed by atoms with E-state index in [-0.39, 0.29) is 0 Å². The van der Waals surface area contributed by atoms with Crippen LogP contribution >= 0.6 is 12.2 Å². The first kappa shape index (κ1) is 15.9. The van der Waals surface area contributed by atoms with Crippen LogP contribution in [0.2, 0.25) is 0 Å². The van der Waals surface area contributed by atoms with Crippen molar-refractivity contribution in [2.75, 3.05) is 6.54 Å². The minimum absolute atomic E-state index is 0.435. The van der Waals surface area contributed by atoms with E-state index in [1.165, 1.54) is 10.9 Å². The highest BCUT2D eigenvalue weighted by atomic mass is 32.1. The monoisotopic (exact) mass is 304 g/mol. The van der Waals surface area contributed by atoms with Gasteiger partial charge < -0.3 is 5.73 Å². The quantitative estimate of drug-likeness (QED) is 0.799. The standard InChI is InChI=1S/C16H24N4S/c1-4-20-15-8-6-5-7-13(15)14(18-20)11-19(12(2)3)10-9-16(17)21/h5-8,12H,4,9-11H2,1-3H3,(H2,17,21). The highest BCUT2D eigenvalue weighted by molar-refractivity contribution is 7.80. The summed E-state index contributed by atoms with van der Waals surface area (Å²) in [6.45, 7) is 9.09. The largest absolute Gasteiger partial charge is 0.393 e. The van der Waals surface area contributed by atoms with Gasteiger partial charge in [0.2, 0.25) is 0 Å². The summed E-state index contributed by atoms with van der Waals surface area (Å²) in [5, 5.41) is 6.00. The van der Waals surface area contributed by atoms with Crippen LogP contribution in [0.25, 0.3) is 10.9 Å². The molecule has 2 aromatic rings. The van der Waals surface area contributed by atoms with E-state index in [4.69, 9.17) is 23.1 Å². The highest BCUT2D eigenvalue weighted by Gasteiger charge is 2.15. The van der Waals surface area contributed by atoms with Gasteiger partial charge in [0.1, 0.15) is 0 Å². The lowest BCUT2D eigenvalue weighted by atomic mass is 10.2. The van der Waals surface area contributed by atoms with Gasteiger partial charge in [-0.05, 0) is 26.8 Å². The molecule has 0 radical (unpaired) electrons. The lowest BCUT2D eigenvalue weighted by Crippen LogP contribution is -2.33. The number of para-hydroxylation sites is 1. The number of nitrogens with zero attached hydrogens (tertiary/aromatic N) is 3. The Balaban J connectivity index is 2.26. The van der Waals surface area contributed by atoms with E-state index in [0.717, 1.165) is 31.7 Å². The van der Waals surface area contributed by atoms with E-state index in [1.54, 1.807) is 0 Å². The molecular formula is C16H24N4S. The summed E-state index contributed by atoms with van der Waals surface area (Å²) < 4.78 is 2.07. The number of thiocarbonyl (C=S) groups is 1. The van der Waals surface area contributed by atoms with Gasteiger partial charge in [0.25, 0.3) is 0 Å². The number of fused-ring (bicyclic) bond motifs is 1. The van der Waals surface area contributed by atoms with Crippen molar-refractivity contribution in [3.05, 3.63) is 30.0 Å². The fourth-order valence-electron chi connectivity index (χ4n) is 2.52. The van der Waals surface area contributed by atoms with Crippen LogP contribution in [0.1, 0.15) is 32.9 Å². The summed E-state index contributed by atoms with van der Waals surface area (Å²) >= 11 is 5.00. The molecule has 1 aromatic heterocycles. The van der Waals surface area contributed by atoms with Crippen molar-refractivity contribution in [3.8, 4) is 0 Å². The van der Waals surface area contributed by atoms with Crippen LogP contribution in [0.3, 0.4) is 0 Å². The van der Waals surface area contributed by atoms with Crippen molar-refractivity contribution < 1.29 is 0 Å². The zero-order valence-electron chi connectivity index (χ0n) is 13.0. The zero-order valence-corrected chi connectivity index (χ0v) is 13.9. The van der Waals surface area contributed by atoms with Gasteiger partial charge >= 0.3 is 0 Å². The zero-order chi connectivity index (χ0) is 15.4. The van der Waals surface area contributed by atoms with E-state index >= 15 is 0 Å². The van der Waals surface area contributed by atoms with Crippen LogP contribution in [-0.4, -0.2) is 32.3 Å². The Morgan fingerprint density at radius 2 is 2.10 bits per heavy atom. The molecule has 0 unspecified atom stereocenters. The molecule has 0 atom stereocenters. The number of hydrogen-bond donors (Lipinski definition) is 1. The molecule has 1 aromatic carbocycles. The maximum Gasteiger partial charge on any atom is 0.0843 e. The minimum atomic E-state index is 0.435. The molecule has 5 heteroatoms. The average Bonchev–Trinajstić information content (AvgIpc) is 2.81. The molecule has 21 heavy (non-hydrogen) atoms. The molecule has 114 valence electrons. The molecule has 0 aliphatic carbocycles. The summed E-state index contributed by atoms with van der Waals surface area (Å²) in [4.78, 5) is 2.94. The van der Waals surface area contributed by atoms with Crippen molar-refractivity contribution in [1.29, 1.82) is 0 Å². The number of rotatable bonds is 7. The Morgan fingerprint density at radius 3 is 2.71 bits per heavy atom. The molecule has 0 spiro atoms. The molecule has 0 aliphatic heterocycles. The third kappa shape index (κ3) is 3.80. The topological polar surface area (TPSA) is 47.1 Å². The Labute approximate surface area is 131 Å². The SMILES string of the molecule is CCn1nc(CN(CCC(N)=S)C(C)C)c2ccccc21. The second-order valence-corrected chi connectivity index (χ2v) is 6.08. The van der Waals surface area contributed by atoms with Gasteiger partial charge in [0.15, 0.2) is 0 Å². The van der Waals surface area contributed by atoms with Crippen LogP contribution in [0.5, 0.6) is 0 Å². The maximum absolute atomic E-state index is 5.64. The first-order valence-corrected chi connectivity index (χ1v) is 7.90. The van der Waals surface area contributed by atoms with E-state index in [2.05, 4.69) is 54.6 Å². The lowest BCUT2D eigenvalue weighted by Gasteiger charge is -2.25. The predicted molar refractivity (Wildman–Crippen MR) is 92.4 cm³/mol. The van der Waals surface area contributed by atoms with E-state index in [9.17, 15) is 0 Å². The summed E-state index contributed by atoms with van der Waals surface area (Å²) in [5.41, 5.74) is 7.97. The van der Waals surface area contributed by atoms with Crippen LogP contribution in [0, 0.1) is 0 Å². The molecule has 0 saturated carbocycles. The number of benzene rings is 1. The Hall–Kier alpha value is -1.46. The van der Waals surface area contributed by atoms with Crippen molar-refractivity contribution in [2.24, 2.45) is 5.73 Å². The van der Waals surface area contributed by atoms with Gasteiger partial charge in [0, 0.05) is 37.5 Å². The average molecular weight is 304 g/mol. The van der Waals surface area contributed by atoms with Crippen LogP contribution in [0.15, 0.2) is 24.3 Å². The van der Waals surface area contributed by atoms with E-state index < -0.39 is 0 Å². The molecule has 0 aliphatic rings.